The van der Waals surface area contributed by atoms with E-state index >= 15 is 0 Å². The number of anilines is 1. The average Bonchev–Trinajstić information content (AvgIpc) is 3.10. The Morgan fingerprint density at radius 3 is 2.90 bits per heavy atom. The number of nitrogens with one attached hydrogen (secondary N) is 1. The summed E-state index contributed by atoms with van der Waals surface area (Å²) in [6.45, 7) is 0.630. The van der Waals surface area contributed by atoms with Gasteiger partial charge in [-0.15, -0.1) is 5.10 Å². The molecule has 2 heterocycles. The lowest BCUT2D eigenvalue weighted by Crippen LogP contribution is -1.97. The summed E-state index contributed by atoms with van der Waals surface area (Å²) in [5.74, 6) is 0.126. The van der Waals surface area contributed by atoms with Gasteiger partial charge in [0.15, 0.2) is 0 Å². The van der Waals surface area contributed by atoms with Crippen molar-refractivity contribution >= 4 is 17.4 Å². The third-order valence-corrected chi connectivity index (χ3v) is 3.52. The smallest absolute Gasteiger partial charge is 0.315 e. The molecule has 0 spiro atoms. The Morgan fingerprint density at radius 1 is 1.20 bits per heavy atom. The fraction of sp³-hybridized carbons (Fsp3) is 0.143. The molecule has 4 nitrogen and oxygen atoms in total. The van der Waals surface area contributed by atoms with Crippen LogP contribution in [0.3, 0.4) is 0 Å². The first-order valence-corrected chi connectivity index (χ1v) is 7.06. The predicted octanol–water partition coefficient (Wildman–Crippen LogP) is 3.47. The molecule has 3 rings (SSSR count). The monoisotopic (exact) mass is 289 g/mol. The number of hydrogen-bond donors (Lipinski definition) is 1. The minimum atomic E-state index is -0.265. The predicted molar refractivity (Wildman–Crippen MR) is 75.1 cm³/mol. The topological polar surface area (TPSA) is 51.0 Å². The quantitative estimate of drug-likeness (QED) is 0.781. The van der Waals surface area contributed by atoms with E-state index in [0.717, 1.165) is 5.56 Å². The lowest BCUT2D eigenvalue weighted by molar-refractivity contribution is 0.510. The summed E-state index contributed by atoms with van der Waals surface area (Å²) in [6.07, 6.45) is 0.291. The Morgan fingerprint density at radius 2 is 2.10 bits per heavy atom. The largest absolute Gasteiger partial charge is 0.408 e. The Kier molecular flexibility index (Phi) is 3.73. The van der Waals surface area contributed by atoms with E-state index in [1.54, 1.807) is 29.5 Å². The average molecular weight is 289 g/mol. The molecule has 0 amide bonds. The molecule has 0 unspecified atom stereocenters. The van der Waals surface area contributed by atoms with Crippen LogP contribution >= 0.6 is 11.3 Å². The molecule has 0 aliphatic heterocycles. The molecule has 2 aromatic heterocycles. The highest BCUT2D eigenvalue weighted by Gasteiger charge is 2.09. The minimum absolute atomic E-state index is 0.265. The normalized spacial score (nSPS) is 10.7. The molecule has 20 heavy (non-hydrogen) atoms. The summed E-state index contributed by atoms with van der Waals surface area (Å²) in [5, 5.41) is 14.9. The molecular weight excluding hydrogens is 277 g/mol. The van der Waals surface area contributed by atoms with Gasteiger partial charge in [0.05, 0.1) is 6.42 Å². The molecule has 0 saturated carbocycles. The van der Waals surface area contributed by atoms with Crippen molar-refractivity contribution in [2.24, 2.45) is 0 Å². The Bertz CT molecular complexity index is 681. The second kappa shape index (κ2) is 5.83. The van der Waals surface area contributed by atoms with Gasteiger partial charge in [-0.25, -0.2) is 4.39 Å². The number of nitrogens with zero attached hydrogens (tertiary/aromatic N) is 2. The van der Waals surface area contributed by atoms with Gasteiger partial charge in [0.25, 0.3) is 0 Å². The van der Waals surface area contributed by atoms with Gasteiger partial charge in [0.2, 0.25) is 5.89 Å². The highest BCUT2D eigenvalue weighted by atomic mass is 32.1. The zero-order chi connectivity index (χ0) is 13.8. The summed E-state index contributed by atoms with van der Waals surface area (Å²) >= 11 is 1.64. The van der Waals surface area contributed by atoms with E-state index in [2.05, 4.69) is 15.5 Å². The summed E-state index contributed by atoms with van der Waals surface area (Å²) < 4.78 is 19.0. The van der Waals surface area contributed by atoms with Gasteiger partial charge in [0, 0.05) is 6.54 Å². The van der Waals surface area contributed by atoms with Crippen LogP contribution in [0.2, 0.25) is 0 Å². The second-order valence-electron chi connectivity index (χ2n) is 4.25. The van der Waals surface area contributed by atoms with Gasteiger partial charge >= 0.3 is 6.01 Å². The standard InChI is InChI=1S/C14H12FN3OS/c15-12-4-2-1-3-11(12)7-13-17-18-14(19-13)16-8-10-5-6-20-9-10/h1-6,9H,7-8H2,(H,16,18). The molecule has 0 aliphatic rings. The van der Waals surface area contributed by atoms with Crippen LogP contribution in [0.1, 0.15) is 17.0 Å². The number of hydrogen-bond acceptors (Lipinski definition) is 5. The maximum absolute atomic E-state index is 13.5. The van der Waals surface area contributed by atoms with Crippen molar-refractivity contribution in [3.05, 3.63) is 63.9 Å². The van der Waals surface area contributed by atoms with Crippen molar-refractivity contribution in [1.29, 1.82) is 0 Å². The van der Waals surface area contributed by atoms with Crippen molar-refractivity contribution in [2.75, 3.05) is 5.32 Å². The van der Waals surface area contributed by atoms with Gasteiger partial charge in [-0.1, -0.05) is 23.3 Å². The first kappa shape index (κ1) is 12.8. The summed E-state index contributed by atoms with van der Waals surface area (Å²) in [6, 6.07) is 8.93. The highest BCUT2D eigenvalue weighted by Crippen LogP contribution is 2.15. The summed E-state index contributed by atoms with van der Waals surface area (Å²) in [4.78, 5) is 0. The maximum Gasteiger partial charge on any atom is 0.315 e. The van der Waals surface area contributed by atoms with Crippen molar-refractivity contribution in [1.82, 2.24) is 10.2 Å². The number of halogens is 1. The van der Waals surface area contributed by atoms with Crippen LogP contribution in [0.25, 0.3) is 0 Å². The molecule has 0 fully saturated rings. The van der Waals surface area contributed by atoms with E-state index in [4.69, 9.17) is 4.42 Å². The molecule has 3 aromatic rings. The van der Waals surface area contributed by atoms with E-state index < -0.39 is 0 Å². The van der Waals surface area contributed by atoms with Crippen LogP contribution in [-0.4, -0.2) is 10.2 Å². The van der Waals surface area contributed by atoms with Gasteiger partial charge in [-0.2, -0.15) is 11.3 Å². The van der Waals surface area contributed by atoms with Crippen molar-refractivity contribution in [3.63, 3.8) is 0 Å². The molecule has 0 radical (unpaired) electrons. The fourth-order valence-corrected chi connectivity index (χ4v) is 2.44. The second-order valence-corrected chi connectivity index (χ2v) is 5.03. The molecule has 0 aliphatic carbocycles. The molecule has 0 saturated heterocycles. The number of rotatable bonds is 5. The lowest BCUT2D eigenvalue weighted by Gasteiger charge is -1.99. The Labute approximate surface area is 119 Å². The number of thiophene rings is 1. The molecular formula is C14H12FN3OS. The first-order chi connectivity index (χ1) is 9.81. The van der Waals surface area contributed by atoms with E-state index in [-0.39, 0.29) is 5.82 Å². The Balaban J connectivity index is 1.63. The molecule has 102 valence electrons. The summed E-state index contributed by atoms with van der Waals surface area (Å²) in [5.41, 5.74) is 1.70. The van der Waals surface area contributed by atoms with Crippen LogP contribution in [0, 0.1) is 5.82 Å². The minimum Gasteiger partial charge on any atom is -0.408 e. The van der Waals surface area contributed by atoms with Gasteiger partial charge in [0.1, 0.15) is 5.82 Å². The Hall–Kier alpha value is -2.21. The van der Waals surface area contributed by atoms with E-state index in [9.17, 15) is 4.39 Å². The van der Waals surface area contributed by atoms with Crippen molar-refractivity contribution in [3.8, 4) is 0 Å². The molecule has 0 atom stereocenters. The van der Waals surface area contributed by atoms with E-state index in [0.29, 0.717) is 30.4 Å². The molecule has 0 bridgehead atoms. The number of benzene rings is 1. The van der Waals surface area contributed by atoms with Crippen LogP contribution in [-0.2, 0) is 13.0 Å². The van der Waals surface area contributed by atoms with Crippen LogP contribution in [0.4, 0.5) is 10.4 Å². The third-order valence-electron chi connectivity index (χ3n) is 2.79. The third kappa shape index (κ3) is 3.03. The van der Waals surface area contributed by atoms with Gasteiger partial charge < -0.3 is 9.73 Å². The van der Waals surface area contributed by atoms with Crippen LogP contribution < -0.4 is 5.32 Å². The first-order valence-electron chi connectivity index (χ1n) is 6.12. The highest BCUT2D eigenvalue weighted by molar-refractivity contribution is 7.07. The zero-order valence-corrected chi connectivity index (χ0v) is 11.4. The summed E-state index contributed by atoms with van der Waals surface area (Å²) in [7, 11) is 0. The van der Waals surface area contributed by atoms with Crippen LogP contribution in [0.5, 0.6) is 0 Å². The van der Waals surface area contributed by atoms with Gasteiger partial charge in [-0.3, -0.25) is 0 Å². The number of aromatic nitrogens is 2. The van der Waals surface area contributed by atoms with E-state index in [1.807, 2.05) is 16.8 Å². The maximum atomic E-state index is 13.5. The SMILES string of the molecule is Fc1ccccc1Cc1nnc(NCc2ccsc2)o1. The van der Waals surface area contributed by atoms with Crippen molar-refractivity contribution < 1.29 is 8.81 Å². The molecule has 6 heteroatoms. The molecule has 1 aromatic carbocycles. The van der Waals surface area contributed by atoms with Crippen molar-refractivity contribution in [2.45, 2.75) is 13.0 Å². The molecule has 1 N–H and O–H groups in total. The zero-order valence-electron chi connectivity index (χ0n) is 10.5. The van der Waals surface area contributed by atoms with Crippen LogP contribution in [0.15, 0.2) is 45.5 Å². The van der Waals surface area contributed by atoms with E-state index in [1.165, 1.54) is 6.07 Å². The van der Waals surface area contributed by atoms with Gasteiger partial charge in [-0.05, 0) is 34.0 Å². The fourth-order valence-electron chi connectivity index (χ4n) is 1.77. The lowest BCUT2D eigenvalue weighted by atomic mass is 10.1.